The molecule has 1 saturated heterocycles. The van der Waals surface area contributed by atoms with E-state index in [0.29, 0.717) is 12.0 Å². The highest BCUT2D eigenvalue weighted by molar-refractivity contribution is 5.46. The molecule has 1 atom stereocenters. The summed E-state index contributed by atoms with van der Waals surface area (Å²) >= 11 is 0. The SMILES string of the molecule is CCN(CC1CCCO1)c1ccnc(CNCC(C)C)c1. The Labute approximate surface area is 128 Å². The van der Waals surface area contributed by atoms with E-state index < -0.39 is 0 Å². The molecule has 4 heteroatoms. The molecular formula is C17H29N3O. The summed E-state index contributed by atoms with van der Waals surface area (Å²) in [6, 6.07) is 4.30. The maximum Gasteiger partial charge on any atom is 0.0750 e. The number of ether oxygens (including phenoxy) is 1. The first-order valence-corrected chi connectivity index (χ1v) is 8.21. The van der Waals surface area contributed by atoms with Crippen LogP contribution in [0.5, 0.6) is 0 Å². The van der Waals surface area contributed by atoms with E-state index in [0.717, 1.165) is 38.5 Å². The summed E-state index contributed by atoms with van der Waals surface area (Å²) in [7, 11) is 0. The second-order valence-corrected chi connectivity index (χ2v) is 6.20. The van der Waals surface area contributed by atoms with Crippen LogP contribution in [0.3, 0.4) is 0 Å². The maximum atomic E-state index is 5.76. The van der Waals surface area contributed by atoms with Crippen LogP contribution in [0.2, 0.25) is 0 Å². The van der Waals surface area contributed by atoms with Gasteiger partial charge in [0.15, 0.2) is 0 Å². The molecule has 2 rings (SSSR count). The summed E-state index contributed by atoms with van der Waals surface area (Å²) in [5.41, 5.74) is 2.36. The van der Waals surface area contributed by atoms with Gasteiger partial charge in [-0.3, -0.25) is 4.98 Å². The largest absolute Gasteiger partial charge is 0.376 e. The standard InChI is InChI=1S/C17H29N3O/c1-4-20(13-17-6-5-9-21-17)16-7-8-19-15(10-16)12-18-11-14(2)3/h7-8,10,14,17-18H,4-6,9,11-13H2,1-3H3. The molecule has 1 aromatic rings. The molecule has 0 radical (unpaired) electrons. The van der Waals surface area contributed by atoms with Gasteiger partial charge in [0, 0.05) is 38.1 Å². The van der Waals surface area contributed by atoms with Crippen LogP contribution in [0.4, 0.5) is 5.69 Å². The van der Waals surface area contributed by atoms with Gasteiger partial charge in [0.05, 0.1) is 11.8 Å². The molecule has 118 valence electrons. The fourth-order valence-electron chi connectivity index (χ4n) is 2.70. The summed E-state index contributed by atoms with van der Waals surface area (Å²) in [4.78, 5) is 6.86. The van der Waals surface area contributed by atoms with Crippen molar-refractivity contribution in [2.45, 2.75) is 46.3 Å². The van der Waals surface area contributed by atoms with Crippen LogP contribution >= 0.6 is 0 Å². The molecular weight excluding hydrogens is 262 g/mol. The highest BCUT2D eigenvalue weighted by Crippen LogP contribution is 2.19. The van der Waals surface area contributed by atoms with E-state index >= 15 is 0 Å². The van der Waals surface area contributed by atoms with Crippen LogP contribution in [0, 0.1) is 5.92 Å². The molecule has 1 aromatic heterocycles. The maximum absolute atomic E-state index is 5.76. The summed E-state index contributed by atoms with van der Waals surface area (Å²) in [6.07, 6.45) is 4.69. The minimum atomic E-state index is 0.389. The molecule has 0 aliphatic carbocycles. The second kappa shape index (κ2) is 8.35. The van der Waals surface area contributed by atoms with Crippen molar-refractivity contribution in [2.24, 2.45) is 5.92 Å². The van der Waals surface area contributed by atoms with E-state index in [4.69, 9.17) is 4.74 Å². The highest BCUT2D eigenvalue weighted by atomic mass is 16.5. The molecule has 21 heavy (non-hydrogen) atoms. The molecule has 1 aliphatic rings. The Balaban J connectivity index is 1.93. The fraction of sp³-hybridized carbons (Fsp3) is 0.706. The van der Waals surface area contributed by atoms with E-state index in [1.807, 2.05) is 6.20 Å². The number of nitrogens with zero attached hydrogens (tertiary/aromatic N) is 2. The smallest absolute Gasteiger partial charge is 0.0750 e. The quantitative estimate of drug-likeness (QED) is 0.799. The lowest BCUT2D eigenvalue weighted by atomic mass is 10.2. The zero-order valence-electron chi connectivity index (χ0n) is 13.6. The Morgan fingerprint density at radius 3 is 3.00 bits per heavy atom. The molecule has 0 saturated carbocycles. The van der Waals surface area contributed by atoms with Crippen LogP contribution in [0.15, 0.2) is 18.3 Å². The molecule has 1 N–H and O–H groups in total. The molecule has 1 aliphatic heterocycles. The van der Waals surface area contributed by atoms with E-state index in [9.17, 15) is 0 Å². The molecule has 0 spiro atoms. The van der Waals surface area contributed by atoms with Crippen molar-refractivity contribution in [3.05, 3.63) is 24.0 Å². The second-order valence-electron chi connectivity index (χ2n) is 6.20. The van der Waals surface area contributed by atoms with Crippen molar-refractivity contribution >= 4 is 5.69 Å². The third kappa shape index (κ3) is 5.29. The number of anilines is 1. The Morgan fingerprint density at radius 2 is 2.33 bits per heavy atom. The molecule has 0 amide bonds. The number of hydrogen-bond donors (Lipinski definition) is 1. The third-order valence-electron chi connectivity index (χ3n) is 3.85. The van der Waals surface area contributed by atoms with Gasteiger partial charge in [-0.1, -0.05) is 13.8 Å². The fourth-order valence-corrected chi connectivity index (χ4v) is 2.70. The Bertz CT molecular complexity index is 416. The van der Waals surface area contributed by atoms with Gasteiger partial charge in [0.2, 0.25) is 0 Å². The average Bonchev–Trinajstić information content (AvgIpc) is 2.97. The molecule has 1 fully saturated rings. The lowest BCUT2D eigenvalue weighted by molar-refractivity contribution is 0.115. The minimum Gasteiger partial charge on any atom is -0.376 e. The van der Waals surface area contributed by atoms with E-state index in [2.05, 4.69) is 48.1 Å². The number of rotatable bonds is 8. The minimum absolute atomic E-state index is 0.389. The summed E-state index contributed by atoms with van der Waals surface area (Å²) in [5, 5.41) is 3.45. The normalized spacial score (nSPS) is 18.4. The monoisotopic (exact) mass is 291 g/mol. The van der Waals surface area contributed by atoms with Crippen molar-refractivity contribution in [3.8, 4) is 0 Å². The Hall–Kier alpha value is -1.13. The van der Waals surface area contributed by atoms with E-state index in [-0.39, 0.29) is 0 Å². The van der Waals surface area contributed by atoms with Crippen LogP contribution in [0.25, 0.3) is 0 Å². The van der Waals surface area contributed by atoms with Gasteiger partial charge in [-0.15, -0.1) is 0 Å². The van der Waals surface area contributed by atoms with Gasteiger partial charge in [-0.2, -0.15) is 0 Å². The summed E-state index contributed by atoms with van der Waals surface area (Å²) < 4.78 is 5.76. The van der Waals surface area contributed by atoms with Crippen molar-refractivity contribution in [1.29, 1.82) is 0 Å². The predicted octanol–water partition coefficient (Wildman–Crippen LogP) is 2.83. The van der Waals surface area contributed by atoms with Gasteiger partial charge in [-0.05, 0) is 44.4 Å². The predicted molar refractivity (Wildman–Crippen MR) is 87.6 cm³/mol. The first-order chi connectivity index (χ1) is 10.2. The van der Waals surface area contributed by atoms with Gasteiger partial charge >= 0.3 is 0 Å². The third-order valence-corrected chi connectivity index (χ3v) is 3.85. The Morgan fingerprint density at radius 1 is 1.48 bits per heavy atom. The van der Waals surface area contributed by atoms with Crippen molar-refractivity contribution < 1.29 is 4.74 Å². The molecule has 0 bridgehead atoms. The Kier molecular flexibility index (Phi) is 6.46. The molecule has 0 aromatic carbocycles. The van der Waals surface area contributed by atoms with E-state index in [1.165, 1.54) is 18.5 Å². The summed E-state index contributed by atoms with van der Waals surface area (Å²) in [6.45, 7) is 11.4. The van der Waals surface area contributed by atoms with Crippen molar-refractivity contribution in [1.82, 2.24) is 10.3 Å². The molecule has 2 heterocycles. The number of likely N-dealkylation sites (N-methyl/N-ethyl adjacent to an activating group) is 1. The van der Waals surface area contributed by atoms with E-state index in [1.54, 1.807) is 0 Å². The van der Waals surface area contributed by atoms with Crippen LogP contribution in [-0.4, -0.2) is 37.3 Å². The number of nitrogens with one attached hydrogen (secondary N) is 1. The molecule has 1 unspecified atom stereocenters. The zero-order valence-corrected chi connectivity index (χ0v) is 13.6. The van der Waals surface area contributed by atoms with Crippen LogP contribution in [0.1, 0.15) is 39.3 Å². The first-order valence-electron chi connectivity index (χ1n) is 8.21. The number of aromatic nitrogens is 1. The molecule has 4 nitrogen and oxygen atoms in total. The van der Waals surface area contributed by atoms with Crippen molar-refractivity contribution in [2.75, 3.05) is 31.1 Å². The van der Waals surface area contributed by atoms with Gasteiger partial charge in [0.25, 0.3) is 0 Å². The lowest BCUT2D eigenvalue weighted by Gasteiger charge is -2.26. The van der Waals surface area contributed by atoms with Crippen molar-refractivity contribution in [3.63, 3.8) is 0 Å². The number of pyridine rings is 1. The van der Waals surface area contributed by atoms with Gasteiger partial charge < -0.3 is 15.0 Å². The highest BCUT2D eigenvalue weighted by Gasteiger charge is 2.18. The lowest BCUT2D eigenvalue weighted by Crippen LogP contribution is -2.32. The summed E-state index contributed by atoms with van der Waals surface area (Å²) in [5.74, 6) is 0.667. The van der Waals surface area contributed by atoms with Crippen LogP contribution in [-0.2, 0) is 11.3 Å². The van der Waals surface area contributed by atoms with Gasteiger partial charge in [0.1, 0.15) is 0 Å². The average molecular weight is 291 g/mol. The zero-order chi connectivity index (χ0) is 15.1. The number of hydrogen-bond acceptors (Lipinski definition) is 4. The van der Waals surface area contributed by atoms with Gasteiger partial charge in [-0.25, -0.2) is 0 Å². The first kappa shape index (κ1) is 16.2. The topological polar surface area (TPSA) is 37.4 Å². The van der Waals surface area contributed by atoms with Crippen LogP contribution < -0.4 is 10.2 Å².